The van der Waals surface area contributed by atoms with E-state index < -0.39 is 0 Å². The third kappa shape index (κ3) is 6.55. The van der Waals surface area contributed by atoms with Gasteiger partial charge in [0.05, 0.1) is 25.9 Å². The molecule has 180 valence electrons. The van der Waals surface area contributed by atoms with Gasteiger partial charge in [-0.25, -0.2) is 0 Å². The molecule has 0 bridgehead atoms. The number of hydrogen-bond acceptors (Lipinski definition) is 6. The molecule has 9 heteroatoms. The predicted octanol–water partition coefficient (Wildman–Crippen LogP) is 2.12. The van der Waals surface area contributed by atoms with Crippen LogP contribution in [0.2, 0.25) is 0 Å². The molecule has 2 aliphatic rings. The van der Waals surface area contributed by atoms with Gasteiger partial charge < -0.3 is 30.3 Å². The van der Waals surface area contributed by atoms with Crippen molar-refractivity contribution in [2.24, 2.45) is 0 Å². The predicted molar refractivity (Wildman–Crippen MR) is 128 cm³/mol. The first-order valence-corrected chi connectivity index (χ1v) is 11.6. The van der Waals surface area contributed by atoms with Gasteiger partial charge in [-0.1, -0.05) is 6.07 Å². The highest BCUT2D eigenvalue weighted by atomic mass is 16.5. The first kappa shape index (κ1) is 23.7. The quantitative estimate of drug-likeness (QED) is 0.550. The summed E-state index contributed by atoms with van der Waals surface area (Å²) in [6.07, 6.45) is 2.07. The minimum Gasteiger partial charge on any atom is -0.378 e. The fourth-order valence-electron chi connectivity index (χ4n) is 3.92. The van der Waals surface area contributed by atoms with Gasteiger partial charge in [0.2, 0.25) is 5.91 Å². The lowest BCUT2D eigenvalue weighted by atomic mass is 10.1. The summed E-state index contributed by atoms with van der Waals surface area (Å²) in [5, 5.41) is 8.74. The molecule has 2 saturated heterocycles. The molecule has 0 aromatic heterocycles. The van der Waals surface area contributed by atoms with Crippen LogP contribution in [0.25, 0.3) is 0 Å². The average molecular weight is 467 g/mol. The molecule has 0 aliphatic carbocycles. The van der Waals surface area contributed by atoms with Gasteiger partial charge in [-0.3, -0.25) is 14.4 Å². The standard InChI is InChI=1S/C25H30N4O5/c30-23(28-20-8-6-18(7-9-20)25(32)29-10-13-33-14-11-29)17-26-21-4-1-3-19(15-21)24(31)27-16-22-5-2-12-34-22/h1,3-4,6-9,15,22,26H,2,5,10-14,16-17H2,(H,27,31)(H,28,30). The average Bonchev–Trinajstić information content (AvgIpc) is 3.41. The highest BCUT2D eigenvalue weighted by Gasteiger charge is 2.19. The number of carbonyl (C=O) groups excluding carboxylic acids is 3. The molecule has 4 rings (SSSR count). The van der Waals surface area contributed by atoms with Gasteiger partial charge in [-0.05, 0) is 55.3 Å². The van der Waals surface area contributed by atoms with Gasteiger partial charge in [-0.2, -0.15) is 0 Å². The summed E-state index contributed by atoms with van der Waals surface area (Å²) in [6, 6.07) is 13.9. The molecule has 2 aliphatic heterocycles. The van der Waals surface area contributed by atoms with Crippen LogP contribution in [0.5, 0.6) is 0 Å². The maximum absolute atomic E-state index is 12.5. The Morgan fingerprint density at radius 1 is 0.941 bits per heavy atom. The molecule has 34 heavy (non-hydrogen) atoms. The van der Waals surface area contributed by atoms with E-state index in [0.717, 1.165) is 19.4 Å². The fourth-order valence-corrected chi connectivity index (χ4v) is 3.92. The van der Waals surface area contributed by atoms with Gasteiger partial charge in [0.1, 0.15) is 0 Å². The SMILES string of the molecule is O=C(CNc1cccc(C(=O)NCC2CCCO2)c1)Nc1ccc(C(=O)N2CCOCC2)cc1. The Hall–Kier alpha value is -3.43. The van der Waals surface area contributed by atoms with E-state index in [1.165, 1.54) is 0 Å². The Morgan fingerprint density at radius 2 is 1.74 bits per heavy atom. The molecule has 0 spiro atoms. The second-order valence-electron chi connectivity index (χ2n) is 8.31. The maximum atomic E-state index is 12.5. The molecule has 1 atom stereocenters. The summed E-state index contributed by atoms with van der Waals surface area (Å²) in [7, 11) is 0. The first-order chi connectivity index (χ1) is 16.6. The van der Waals surface area contributed by atoms with Crippen molar-refractivity contribution < 1.29 is 23.9 Å². The third-order valence-corrected chi connectivity index (χ3v) is 5.81. The van der Waals surface area contributed by atoms with Gasteiger partial charge >= 0.3 is 0 Å². The molecule has 3 amide bonds. The Morgan fingerprint density at radius 3 is 2.47 bits per heavy atom. The summed E-state index contributed by atoms with van der Waals surface area (Å²) < 4.78 is 10.8. The van der Waals surface area contributed by atoms with Crippen LogP contribution in [0, 0.1) is 0 Å². The highest BCUT2D eigenvalue weighted by molar-refractivity contribution is 5.97. The lowest BCUT2D eigenvalue weighted by molar-refractivity contribution is -0.114. The van der Waals surface area contributed by atoms with Crippen LogP contribution < -0.4 is 16.0 Å². The minimum absolute atomic E-state index is 0.0371. The van der Waals surface area contributed by atoms with Crippen LogP contribution in [-0.4, -0.2) is 74.7 Å². The molecular formula is C25H30N4O5. The van der Waals surface area contributed by atoms with Crippen LogP contribution >= 0.6 is 0 Å². The summed E-state index contributed by atoms with van der Waals surface area (Å²) in [5.41, 5.74) is 2.37. The van der Waals surface area contributed by atoms with E-state index in [1.807, 2.05) is 0 Å². The summed E-state index contributed by atoms with van der Waals surface area (Å²) >= 11 is 0. The van der Waals surface area contributed by atoms with E-state index in [1.54, 1.807) is 53.4 Å². The van der Waals surface area contributed by atoms with Crippen molar-refractivity contribution in [1.29, 1.82) is 0 Å². The smallest absolute Gasteiger partial charge is 0.254 e. The second kappa shape index (κ2) is 11.6. The van der Waals surface area contributed by atoms with Crippen molar-refractivity contribution in [2.45, 2.75) is 18.9 Å². The molecular weight excluding hydrogens is 436 g/mol. The maximum Gasteiger partial charge on any atom is 0.254 e. The first-order valence-electron chi connectivity index (χ1n) is 11.6. The molecule has 2 aromatic rings. The molecule has 3 N–H and O–H groups in total. The van der Waals surface area contributed by atoms with Crippen molar-refractivity contribution in [3.63, 3.8) is 0 Å². The lowest BCUT2D eigenvalue weighted by Gasteiger charge is -2.26. The summed E-state index contributed by atoms with van der Waals surface area (Å²) in [4.78, 5) is 39.0. The molecule has 2 fully saturated rings. The van der Waals surface area contributed by atoms with Crippen molar-refractivity contribution in [2.75, 3.05) is 56.6 Å². The molecule has 0 radical (unpaired) electrons. The Labute approximate surface area is 198 Å². The number of anilines is 2. The second-order valence-corrected chi connectivity index (χ2v) is 8.31. The Bertz CT molecular complexity index is 999. The number of rotatable bonds is 8. The monoisotopic (exact) mass is 466 g/mol. The van der Waals surface area contributed by atoms with E-state index in [2.05, 4.69) is 16.0 Å². The zero-order valence-electron chi connectivity index (χ0n) is 19.0. The zero-order valence-corrected chi connectivity index (χ0v) is 19.0. The lowest BCUT2D eigenvalue weighted by Crippen LogP contribution is -2.40. The highest BCUT2D eigenvalue weighted by Crippen LogP contribution is 2.15. The third-order valence-electron chi connectivity index (χ3n) is 5.81. The number of ether oxygens (including phenoxy) is 2. The van der Waals surface area contributed by atoms with Crippen LogP contribution in [0.4, 0.5) is 11.4 Å². The number of morpholine rings is 1. The number of hydrogen-bond donors (Lipinski definition) is 3. The van der Waals surface area contributed by atoms with Crippen LogP contribution in [0.3, 0.4) is 0 Å². The van der Waals surface area contributed by atoms with Crippen LogP contribution in [-0.2, 0) is 14.3 Å². The van der Waals surface area contributed by atoms with Gasteiger partial charge in [0, 0.05) is 48.7 Å². The number of amides is 3. The van der Waals surface area contributed by atoms with E-state index in [0.29, 0.717) is 55.3 Å². The van der Waals surface area contributed by atoms with Crippen molar-refractivity contribution in [3.05, 3.63) is 59.7 Å². The van der Waals surface area contributed by atoms with E-state index in [-0.39, 0.29) is 30.4 Å². The number of benzene rings is 2. The molecule has 9 nitrogen and oxygen atoms in total. The topological polar surface area (TPSA) is 109 Å². The van der Waals surface area contributed by atoms with E-state index in [4.69, 9.17) is 9.47 Å². The summed E-state index contributed by atoms with van der Waals surface area (Å²) in [5.74, 6) is -0.446. The van der Waals surface area contributed by atoms with E-state index >= 15 is 0 Å². The Balaban J connectivity index is 1.24. The van der Waals surface area contributed by atoms with Crippen LogP contribution in [0.15, 0.2) is 48.5 Å². The van der Waals surface area contributed by atoms with Gasteiger partial charge in [0.25, 0.3) is 11.8 Å². The summed E-state index contributed by atoms with van der Waals surface area (Å²) in [6.45, 7) is 3.55. The number of nitrogens with zero attached hydrogens (tertiary/aromatic N) is 1. The fraction of sp³-hybridized carbons (Fsp3) is 0.400. The van der Waals surface area contributed by atoms with E-state index in [9.17, 15) is 14.4 Å². The zero-order chi connectivity index (χ0) is 23.8. The van der Waals surface area contributed by atoms with Gasteiger partial charge in [-0.15, -0.1) is 0 Å². The largest absolute Gasteiger partial charge is 0.378 e. The molecule has 0 saturated carbocycles. The van der Waals surface area contributed by atoms with Gasteiger partial charge in [0.15, 0.2) is 0 Å². The molecule has 2 aromatic carbocycles. The number of carbonyl (C=O) groups is 3. The molecule has 1 unspecified atom stereocenters. The number of nitrogens with one attached hydrogen (secondary N) is 3. The molecule has 2 heterocycles. The van der Waals surface area contributed by atoms with Crippen molar-refractivity contribution in [3.8, 4) is 0 Å². The minimum atomic E-state index is -0.236. The van der Waals surface area contributed by atoms with Crippen molar-refractivity contribution in [1.82, 2.24) is 10.2 Å². The van der Waals surface area contributed by atoms with Crippen LogP contribution in [0.1, 0.15) is 33.6 Å². The van der Waals surface area contributed by atoms with Crippen molar-refractivity contribution >= 4 is 29.1 Å². The Kier molecular flexibility index (Phi) is 8.11. The normalized spacial score (nSPS) is 17.8.